The fraction of sp³-hybridized carbons (Fsp3) is 0.368. The maximum atomic E-state index is 6.10. The van der Waals surface area contributed by atoms with Crippen LogP contribution in [0.4, 0.5) is 0 Å². The Morgan fingerprint density at radius 1 is 0.952 bits per heavy atom. The minimum atomic E-state index is 0.0903. The molecular weight excluding hydrogens is 258 g/mol. The molecule has 0 aliphatic carbocycles. The minimum absolute atomic E-state index is 0.0903. The average molecular weight is 283 g/mol. The van der Waals surface area contributed by atoms with Gasteiger partial charge < -0.3 is 10.1 Å². The highest BCUT2D eigenvalue weighted by Crippen LogP contribution is 2.27. The second-order valence-corrected chi connectivity index (χ2v) is 6.64. The van der Waals surface area contributed by atoms with E-state index in [9.17, 15) is 0 Å². The predicted octanol–water partition coefficient (Wildman–Crippen LogP) is 4.98. The lowest BCUT2D eigenvalue weighted by Gasteiger charge is -2.21. The Morgan fingerprint density at radius 3 is 2.19 bits per heavy atom. The van der Waals surface area contributed by atoms with Crippen molar-refractivity contribution in [3.63, 3.8) is 0 Å². The smallest absolute Gasteiger partial charge is 0.131 e. The molecule has 2 nitrogen and oxygen atoms in total. The molecule has 1 N–H and O–H groups in total. The van der Waals surface area contributed by atoms with Crippen molar-refractivity contribution in [3.05, 3.63) is 59.2 Å². The monoisotopic (exact) mass is 283 g/mol. The number of hydrogen-bond donors (Lipinski definition) is 1. The van der Waals surface area contributed by atoms with Crippen LogP contribution in [-0.4, -0.2) is 5.54 Å². The van der Waals surface area contributed by atoms with Gasteiger partial charge >= 0.3 is 0 Å². The van der Waals surface area contributed by atoms with Crippen LogP contribution in [0.1, 0.15) is 37.5 Å². The summed E-state index contributed by atoms with van der Waals surface area (Å²) in [4.78, 5) is 0. The largest absolute Gasteiger partial charge is 0.457 e. The van der Waals surface area contributed by atoms with Crippen LogP contribution in [0, 0.1) is 13.8 Å². The van der Waals surface area contributed by atoms with Crippen molar-refractivity contribution in [2.45, 2.75) is 46.7 Å². The summed E-state index contributed by atoms with van der Waals surface area (Å²) >= 11 is 0. The Morgan fingerprint density at radius 2 is 1.57 bits per heavy atom. The summed E-state index contributed by atoms with van der Waals surface area (Å²) in [5.41, 5.74) is 3.70. The molecule has 2 aromatic rings. The number of ether oxygens (including phenoxy) is 1. The highest BCUT2D eigenvalue weighted by Gasteiger charge is 2.11. The van der Waals surface area contributed by atoms with Gasteiger partial charge in [-0.05, 0) is 63.9 Å². The molecule has 0 unspecified atom stereocenters. The highest BCUT2D eigenvalue weighted by atomic mass is 16.5. The summed E-state index contributed by atoms with van der Waals surface area (Å²) in [6.45, 7) is 11.5. The van der Waals surface area contributed by atoms with Gasteiger partial charge in [0.2, 0.25) is 0 Å². The van der Waals surface area contributed by atoms with Crippen LogP contribution in [0.5, 0.6) is 11.5 Å². The van der Waals surface area contributed by atoms with Crippen molar-refractivity contribution in [1.29, 1.82) is 0 Å². The number of nitrogens with one attached hydrogen (secondary N) is 1. The van der Waals surface area contributed by atoms with Crippen LogP contribution >= 0.6 is 0 Å². The predicted molar refractivity (Wildman–Crippen MR) is 89.0 cm³/mol. The Labute approximate surface area is 128 Å². The summed E-state index contributed by atoms with van der Waals surface area (Å²) < 4.78 is 6.10. The summed E-state index contributed by atoms with van der Waals surface area (Å²) in [7, 11) is 0. The Hall–Kier alpha value is -1.80. The molecule has 0 radical (unpaired) electrons. The third-order valence-corrected chi connectivity index (χ3v) is 3.20. The van der Waals surface area contributed by atoms with Crippen LogP contribution in [0.3, 0.4) is 0 Å². The molecule has 0 aromatic heterocycles. The Balaban J connectivity index is 2.20. The van der Waals surface area contributed by atoms with Gasteiger partial charge in [-0.3, -0.25) is 0 Å². The van der Waals surface area contributed by atoms with Crippen molar-refractivity contribution in [2.24, 2.45) is 0 Å². The van der Waals surface area contributed by atoms with Crippen LogP contribution in [0.25, 0.3) is 0 Å². The Bertz CT molecular complexity index is 591. The molecule has 0 atom stereocenters. The van der Waals surface area contributed by atoms with Gasteiger partial charge in [0.05, 0.1) is 0 Å². The van der Waals surface area contributed by atoms with E-state index in [2.05, 4.69) is 64.2 Å². The highest BCUT2D eigenvalue weighted by molar-refractivity contribution is 5.40. The molecule has 0 aliphatic heterocycles. The van der Waals surface area contributed by atoms with Gasteiger partial charge in [0.1, 0.15) is 11.5 Å². The van der Waals surface area contributed by atoms with Crippen LogP contribution in [-0.2, 0) is 6.54 Å². The van der Waals surface area contributed by atoms with Crippen LogP contribution in [0.15, 0.2) is 42.5 Å². The zero-order valence-electron chi connectivity index (χ0n) is 13.7. The fourth-order valence-electron chi connectivity index (χ4n) is 2.23. The first kappa shape index (κ1) is 15.6. The number of para-hydroxylation sites is 1. The molecule has 0 aliphatic rings. The number of benzene rings is 2. The summed E-state index contributed by atoms with van der Waals surface area (Å²) in [5, 5.41) is 3.51. The molecule has 0 bridgehead atoms. The average Bonchev–Trinajstić information content (AvgIpc) is 2.35. The molecule has 2 heteroatoms. The van der Waals surface area contributed by atoms with Crippen molar-refractivity contribution in [2.75, 3.05) is 0 Å². The molecule has 2 rings (SSSR count). The van der Waals surface area contributed by atoms with Crippen molar-refractivity contribution < 1.29 is 4.74 Å². The normalized spacial score (nSPS) is 11.5. The van der Waals surface area contributed by atoms with E-state index in [1.165, 1.54) is 16.7 Å². The molecule has 112 valence electrons. The summed E-state index contributed by atoms with van der Waals surface area (Å²) in [6.07, 6.45) is 0. The van der Waals surface area contributed by atoms with Gasteiger partial charge in [-0.1, -0.05) is 24.3 Å². The lowest BCUT2D eigenvalue weighted by atomic mass is 10.1. The molecule has 0 fully saturated rings. The minimum Gasteiger partial charge on any atom is -0.457 e. The molecule has 0 saturated heterocycles. The molecule has 0 spiro atoms. The van der Waals surface area contributed by atoms with Crippen molar-refractivity contribution >= 4 is 0 Å². The molecular formula is C19H25NO. The summed E-state index contributed by atoms with van der Waals surface area (Å²) in [6, 6.07) is 14.5. The first-order valence-electron chi connectivity index (χ1n) is 7.42. The molecule has 21 heavy (non-hydrogen) atoms. The second-order valence-electron chi connectivity index (χ2n) is 6.64. The van der Waals surface area contributed by atoms with E-state index in [1.807, 2.05) is 18.2 Å². The van der Waals surface area contributed by atoms with Crippen LogP contribution in [0.2, 0.25) is 0 Å². The lowest BCUT2D eigenvalue weighted by molar-refractivity contribution is 0.414. The Kier molecular flexibility index (Phi) is 4.69. The van der Waals surface area contributed by atoms with E-state index in [0.717, 1.165) is 18.0 Å². The van der Waals surface area contributed by atoms with E-state index >= 15 is 0 Å². The van der Waals surface area contributed by atoms with E-state index < -0.39 is 0 Å². The van der Waals surface area contributed by atoms with Gasteiger partial charge in [0.15, 0.2) is 0 Å². The molecule has 0 heterocycles. The third-order valence-electron chi connectivity index (χ3n) is 3.20. The van der Waals surface area contributed by atoms with Gasteiger partial charge in [-0.15, -0.1) is 0 Å². The van der Waals surface area contributed by atoms with E-state index in [4.69, 9.17) is 4.74 Å². The van der Waals surface area contributed by atoms with Gasteiger partial charge in [-0.25, -0.2) is 0 Å². The zero-order chi connectivity index (χ0) is 15.5. The van der Waals surface area contributed by atoms with E-state index in [1.54, 1.807) is 0 Å². The topological polar surface area (TPSA) is 21.3 Å². The molecule has 0 saturated carbocycles. The molecule has 2 aromatic carbocycles. The van der Waals surface area contributed by atoms with E-state index in [-0.39, 0.29) is 5.54 Å². The first-order chi connectivity index (χ1) is 9.83. The first-order valence-corrected chi connectivity index (χ1v) is 7.42. The molecule has 0 amide bonds. The third kappa shape index (κ3) is 4.91. The van der Waals surface area contributed by atoms with Gasteiger partial charge in [0, 0.05) is 17.6 Å². The van der Waals surface area contributed by atoms with Crippen molar-refractivity contribution in [1.82, 2.24) is 5.32 Å². The number of aryl methyl sites for hydroxylation is 2. The zero-order valence-corrected chi connectivity index (χ0v) is 13.7. The number of hydrogen-bond acceptors (Lipinski definition) is 2. The lowest BCUT2D eigenvalue weighted by Crippen LogP contribution is -2.35. The fourth-order valence-corrected chi connectivity index (χ4v) is 2.23. The maximum absolute atomic E-state index is 6.10. The van der Waals surface area contributed by atoms with Gasteiger partial charge in [0.25, 0.3) is 0 Å². The van der Waals surface area contributed by atoms with E-state index in [0.29, 0.717) is 0 Å². The van der Waals surface area contributed by atoms with Crippen molar-refractivity contribution in [3.8, 4) is 11.5 Å². The van der Waals surface area contributed by atoms with Crippen LogP contribution < -0.4 is 10.1 Å². The second kappa shape index (κ2) is 6.31. The summed E-state index contributed by atoms with van der Waals surface area (Å²) in [5.74, 6) is 1.81. The SMILES string of the molecule is Cc1cc(C)cc(Oc2ccccc2CNC(C)(C)C)c1. The quantitative estimate of drug-likeness (QED) is 0.854. The maximum Gasteiger partial charge on any atom is 0.131 e. The standard InChI is InChI=1S/C19H25NO/c1-14-10-15(2)12-17(11-14)21-18-9-7-6-8-16(18)13-20-19(3,4)5/h6-12,20H,13H2,1-5H3. The van der Waals surface area contributed by atoms with Gasteiger partial charge in [-0.2, -0.15) is 0 Å². The number of rotatable bonds is 4.